The van der Waals surface area contributed by atoms with E-state index in [0.717, 1.165) is 103 Å². The fourth-order valence-corrected chi connectivity index (χ4v) is 8.13. The van der Waals surface area contributed by atoms with Crippen LogP contribution >= 0.6 is 0 Å². The Morgan fingerprint density at radius 1 is 0.296 bits per heavy atom. The summed E-state index contributed by atoms with van der Waals surface area (Å²) < 4.78 is 16.8. The fourth-order valence-electron chi connectivity index (χ4n) is 8.13. The van der Waals surface area contributed by atoms with Crippen molar-refractivity contribution in [1.82, 2.24) is 0 Å². The molecule has 0 rings (SSSR count). The highest BCUT2D eigenvalue weighted by Gasteiger charge is 2.19. The lowest BCUT2D eigenvalue weighted by Gasteiger charge is -2.18. The fraction of sp³-hybridized carbons (Fsp3) is 0.708. The highest BCUT2D eigenvalue weighted by Crippen LogP contribution is 2.16. The van der Waals surface area contributed by atoms with Crippen molar-refractivity contribution in [3.05, 3.63) is 97.2 Å². The van der Waals surface area contributed by atoms with Gasteiger partial charge in [0.05, 0.1) is 0 Å². The summed E-state index contributed by atoms with van der Waals surface area (Å²) in [5.74, 6) is -0.968. The molecule has 0 aromatic heterocycles. The first-order valence-electron chi connectivity index (χ1n) is 29.7. The maximum Gasteiger partial charge on any atom is 0.306 e. The van der Waals surface area contributed by atoms with E-state index in [9.17, 15) is 14.4 Å². The Morgan fingerprint density at radius 3 is 0.930 bits per heavy atom. The summed E-state index contributed by atoms with van der Waals surface area (Å²) in [5.41, 5.74) is 0. The minimum absolute atomic E-state index is 0.103. The van der Waals surface area contributed by atoms with E-state index in [-0.39, 0.29) is 37.5 Å². The third-order valence-electron chi connectivity index (χ3n) is 12.6. The summed E-state index contributed by atoms with van der Waals surface area (Å²) in [6.07, 6.45) is 78.3. The van der Waals surface area contributed by atoms with Gasteiger partial charge in [0, 0.05) is 19.3 Å². The minimum atomic E-state index is -0.813. The van der Waals surface area contributed by atoms with Crippen LogP contribution in [-0.4, -0.2) is 37.2 Å². The van der Waals surface area contributed by atoms with Crippen LogP contribution in [0.25, 0.3) is 0 Å². The molecule has 0 aliphatic rings. The average Bonchev–Trinajstić information content (AvgIpc) is 3.37. The minimum Gasteiger partial charge on any atom is -0.462 e. The summed E-state index contributed by atoms with van der Waals surface area (Å²) in [6, 6.07) is 0. The molecule has 0 fully saturated rings. The highest BCUT2D eigenvalue weighted by molar-refractivity contribution is 5.71. The topological polar surface area (TPSA) is 78.9 Å². The zero-order valence-electron chi connectivity index (χ0n) is 46.5. The Balaban J connectivity index is 4.48. The highest BCUT2D eigenvalue weighted by atomic mass is 16.6. The number of carbonyl (C=O) groups excluding carboxylic acids is 3. The van der Waals surface area contributed by atoms with Crippen LogP contribution in [-0.2, 0) is 28.6 Å². The van der Waals surface area contributed by atoms with Gasteiger partial charge in [0.1, 0.15) is 13.2 Å². The van der Waals surface area contributed by atoms with E-state index >= 15 is 0 Å². The van der Waals surface area contributed by atoms with E-state index < -0.39 is 6.10 Å². The molecule has 0 radical (unpaired) electrons. The second kappa shape index (κ2) is 58.9. The standard InChI is InChI=1S/C65H110O6/c1-4-7-10-13-16-19-22-25-28-31-32-35-37-40-43-46-49-52-55-58-64(67)70-61-62(71-65(68)59-56-53-50-47-44-41-38-34-30-27-24-21-18-15-12-9-6-3)60-69-63(66)57-54-51-48-45-42-39-36-33-29-26-23-20-17-14-11-8-5-2/h9,12,16,18-19,21,25,27-28,30,32,35,38,41,47,50,62H,4-8,10-11,13-15,17,20,22-24,26,29,31,33-34,36-37,39-40,42-46,48-49,51-61H2,1-3H3/b12-9-,19-16-,21-18-,28-25-,30-27-,35-32-,41-38-,50-47-. The molecule has 0 saturated carbocycles. The van der Waals surface area contributed by atoms with Crippen LogP contribution in [0.15, 0.2) is 97.2 Å². The van der Waals surface area contributed by atoms with Gasteiger partial charge in [0.25, 0.3) is 0 Å². The lowest BCUT2D eigenvalue weighted by Crippen LogP contribution is -2.30. The van der Waals surface area contributed by atoms with Gasteiger partial charge in [-0.15, -0.1) is 0 Å². The number of hydrogen-bond donors (Lipinski definition) is 0. The summed E-state index contributed by atoms with van der Waals surface area (Å²) >= 11 is 0. The van der Waals surface area contributed by atoms with E-state index in [2.05, 4.69) is 118 Å². The van der Waals surface area contributed by atoms with Gasteiger partial charge in [0.15, 0.2) is 6.10 Å². The molecule has 0 spiro atoms. The molecule has 1 atom stereocenters. The molecule has 1 unspecified atom stereocenters. The van der Waals surface area contributed by atoms with Crippen LogP contribution in [0, 0.1) is 0 Å². The van der Waals surface area contributed by atoms with Crippen LogP contribution in [0.5, 0.6) is 0 Å². The maximum absolute atomic E-state index is 12.8. The quantitative estimate of drug-likeness (QED) is 0.0261. The van der Waals surface area contributed by atoms with Crippen molar-refractivity contribution >= 4 is 17.9 Å². The molecule has 71 heavy (non-hydrogen) atoms. The number of esters is 3. The molecule has 6 nitrogen and oxygen atoms in total. The number of hydrogen-bond acceptors (Lipinski definition) is 6. The molecular formula is C65H110O6. The van der Waals surface area contributed by atoms with Gasteiger partial charge >= 0.3 is 17.9 Å². The Hall–Kier alpha value is -3.67. The molecule has 0 N–H and O–H groups in total. The van der Waals surface area contributed by atoms with E-state index in [4.69, 9.17) is 14.2 Å². The van der Waals surface area contributed by atoms with Crippen LogP contribution in [0.1, 0.15) is 278 Å². The maximum atomic E-state index is 12.8. The van der Waals surface area contributed by atoms with Gasteiger partial charge < -0.3 is 14.2 Å². The Kier molecular flexibility index (Phi) is 55.9. The lowest BCUT2D eigenvalue weighted by atomic mass is 10.0. The molecule has 0 aromatic carbocycles. The van der Waals surface area contributed by atoms with Crippen molar-refractivity contribution in [3.8, 4) is 0 Å². The van der Waals surface area contributed by atoms with Gasteiger partial charge in [-0.2, -0.15) is 0 Å². The van der Waals surface area contributed by atoms with Crippen LogP contribution in [0.4, 0.5) is 0 Å². The van der Waals surface area contributed by atoms with Gasteiger partial charge in [0.2, 0.25) is 0 Å². The van der Waals surface area contributed by atoms with Crippen LogP contribution in [0.3, 0.4) is 0 Å². The van der Waals surface area contributed by atoms with Crippen LogP contribution in [0.2, 0.25) is 0 Å². The largest absolute Gasteiger partial charge is 0.462 e. The van der Waals surface area contributed by atoms with Gasteiger partial charge in [-0.25, -0.2) is 0 Å². The average molecular weight is 988 g/mol. The third-order valence-corrected chi connectivity index (χ3v) is 12.6. The molecule has 0 heterocycles. The first-order valence-corrected chi connectivity index (χ1v) is 29.7. The second-order valence-corrected chi connectivity index (χ2v) is 19.5. The molecule has 6 heteroatoms. The van der Waals surface area contributed by atoms with E-state index in [1.54, 1.807) is 0 Å². The van der Waals surface area contributed by atoms with Crippen LogP contribution < -0.4 is 0 Å². The number of rotatable bonds is 53. The second-order valence-electron chi connectivity index (χ2n) is 19.5. The van der Waals surface area contributed by atoms with Crippen molar-refractivity contribution in [2.75, 3.05) is 13.2 Å². The molecule has 406 valence electrons. The number of unbranched alkanes of at least 4 members (excludes halogenated alkanes) is 26. The Bertz CT molecular complexity index is 1410. The molecule has 0 aromatic rings. The summed E-state index contributed by atoms with van der Waals surface area (Å²) in [5, 5.41) is 0. The van der Waals surface area contributed by atoms with E-state index in [1.807, 2.05) is 0 Å². The SMILES string of the molecule is CC/C=C\C/C=C\C/C=C\C/C=C\C/C=C\CCCC(=O)OC(COC(=O)CCCCCCCC/C=C\C/C=C\C/C=C\CCCCC)COC(=O)CCCCCCCCCCCCCCCCCCC. The van der Waals surface area contributed by atoms with Crippen molar-refractivity contribution in [2.45, 2.75) is 284 Å². The Labute approximate surface area is 438 Å². The van der Waals surface area contributed by atoms with Gasteiger partial charge in [-0.05, 0) is 96.3 Å². The molecular weight excluding hydrogens is 877 g/mol. The number of ether oxygens (including phenoxy) is 3. The van der Waals surface area contributed by atoms with Crippen molar-refractivity contribution in [2.24, 2.45) is 0 Å². The van der Waals surface area contributed by atoms with Gasteiger partial charge in [-0.3, -0.25) is 14.4 Å². The number of carbonyl (C=O) groups is 3. The smallest absolute Gasteiger partial charge is 0.306 e. The monoisotopic (exact) mass is 987 g/mol. The lowest BCUT2D eigenvalue weighted by molar-refractivity contribution is -0.167. The molecule has 0 amide bonds. The van der Waals surface area contributed by atoms with E-state index in [1.165, 1.54) is 128 Å². The third kappa shape index (κ3) is 57.1. The zero-order valence-corrected chi connectivity index (χ0v) is 46.5. The predicted octanol–water partition coefficient (Wildman–Crippen LogP) is 20.1. The normalized spacial score (nSPS) is 12.8. The zero-order chi connectivity index (χ0) is 51.4. The first kappa shape index (κ1) is 67.3. The molecule has 0 bridgehead atoms. The van der Waals surface area contributed by atoms with Crippen molar-refractivity contribution in [3.63, 3.8) is 0 Å². The summed E-state index contributed by atoms with van der Waals surface area (Å²) in [4.78, 5) is 38.2. The molecule has 0 aliphatic heterocycles. The predicted molar refractivity (Wildman–Crippen MR) is 307 cm³/mol. The molecule has 0 saturated heterocycles. The molecule has 0 aliphatic carbocycles. The Morgan fingerprint density at radius 2 is 0.563 bits per heavy atom. The number of allylic oxidation sites excluding steroid dienone is 16. The van der Waals surface area contributed by atoms with Crippen molar-refractivity contribution < 1.29 is 28.6 Å². The summed E-state index contributed by atoms with van der Waals surface area (Å²) in [7, 11) is 0. The van der Waals surface area contributed by atoms with E-state index in [0.29, 0.717) is 19.3 Å². The van der Waals surface area contributed by atoms with Gasteiger partial charge in [-0.1, -0.05) is 259 Å². The first-order chi connectivity index (χ1) is 35.0. The summed E-state index contributed by atoms with van der Waals surface area (Å²) in [6.45, 7) is 6.46. The van der Waals surface area contributed by atoms with Crippen molar-refractivity contribution in [1.29, 1.82) is 0 Å².